The van der Waals surface area contributed by atoms with Crippen molar-refractivity contribution in [2.75, 3.05) is 0 Å². The molecule has 7 heteroatoms. The van der Waals surface area contributed by atoms with Gasteiger partial charge in [-0.1, -0.05) is 64.0 Å². The molecule has 0 aromatic carbocycles. The fourth-order valence-electron chi connectivity index (χ4n) is 7.04. The molecule has 1 fully saturated rings. The minimum Gasteiger partial charge on any atom is -0.478 e. The lowest BCUT2D eigenvalue weighted by molar-refractivity contribution is -0.134. The summed E-state index contributed by atoms with van der Waals surface area (Å²) in [5.74, 6) is -1.68. The van der Waals surface area contributed by atoms with Crippen LogP contribution in [0.25, 0.3) is 0 Å². The topological polar surface area (TPSA) is 138 Å². The number of carbonyl (C=O) groups is 1. The molecule has 6 N–H and O–H groups in total. The Morgan fingerprint density at radius 1 is 1.16 bits per heavy atom. The maximum absolute atomic E-state index is 11.8. The van der Waals surface area contributed by atoms with E-state index in [0.717, 1.165) is 11.1 Å². The van der Waals surface area contributed by atoms with Crippen molar-refractivity contribution in [2.45, 2.75) is 105 Å². The lowest BCUT2D eigenvalue weighted by Gasteiger charge is -2.56. The van der Waals surface area contributed by atoms with Crippen LogP contribution in [0.15, 0.2) is 34.9 Å². The zero-order chi connectivity index (χ0) is 28.4. The molecule has 37 heavy (non-hydrogen) atoms. The van der Waals surface area contributed by atoms with E-state index in [0.29, 0.717) is 12.8 Å². The molecule has 7 nitrogen and oxygen atoms in total. The van der Waals surface area contributed by atoms with Crippen LogP contribution in [0.2, 0.25) is 0 Å². The van der Waals surface area contributed by atoms with Gasteiger partial charge in [0, 0.05) is 22.8 Å². The highest BCUT2D eigenvalue weighted by Crippen LogP contribution is 2.57. The molecule has 0 heterocycles. The molecular weight excluding hydrogens is 472 g/mol. The average molecular weight is 523 g/mol. The molecule has 0 aromatic rings. The van der Waals surface area contributed by atoms with E-state index in [1.807, 2.05) is 40.7 Å². The van der Waals surface area contributed by atoms with Gasteiger partial charge in [0.25, 0.3) is 0 Å². The first-order chi connectivity index (χ1) is 17.0. The van der Waals surface area contributed by atoms with Crippen molar-refractivity contribution in [1.29, 1.82) is 0 Å². The summed E-state index contributed by atoms with van der Waals surface area (Å²) in [5.41, 5.74) is 1.53. The number of hydrogen-bond donors (Lipinski definition) is 6. The maximum atomic E-state index is 11.8. The van der Waals surface area contributed by atoms with Gasteiger partial charge in [0.2, 0.25) is 0 Å². The zero-order valence-corrected chi connectivity index (χ0v) is 23.8. The number of aliphatic hydroxyl groups is 5. The lowest BCUT2D eigenvalue weighted by Crippen LogP contribution is -2.57. The lowest BCUT2D eigenvalue weighted by atomic mass is 9.50. The van der Waals surface area contributed by atoms with E-state index in [1.54, 1.807) is 19.9 Å². The molecular formula is C30H50O7. The van der Waals surface area contributed by atoms with Crippen molar-refractivity contribution in [1.82, 2.24) is 0 Å². The first-order valence-corrected chi connectivity index (χ1v) is 13.7. The van der Waals surface area contributed by atoms with Crippen molar-refractivity contribution in [3.05, 3.63) is 34.9 Å². The molecule has 0 radical (unpaired) electrons. The molecule has 1 saturated carbocycles. The van der Waals surface area contributed by atoms with Crippen molar-refractivity contribution >= 4 is 5.97 Å². The minimum atomic E-state index is -0.986. The van der Waals surface area contributed by atoms with Crippen LogP contribution < -0.4 is 0 Å². The van der Waals surface area contributed by atoms with Gasteiger partial charge in [0.1, 0.15) is 0 Å². The predicted octanol–water partition coefficient (Wildman–Crippen LogP) is 3.70. The summed E-state index contributed by atoms with van der Waals surface area (Å²) in [4.78, 5) is 11.8. The van der Waals surface area contributed by atoms with Gasteiger partial charge in [-0.15, -0.1) is 0 Å². The third-order valence-corrected chi connectivity index (χ3v) is 9.10. The van der Waals surface area contributed by atoms with Crippen LogP contribution in [0.4, 0.5) is 0 Å². The smallest absolute Gasteiger partial charge is 0.330 e. The molecule has 0 aromatic heterocycles. The standard InChI is InChI=1S/C30H50O7/c1-15(2)27(34)20(7)23(32)13-21(31)10-9-16(3)25-19(6)14-30(8)26(17(4)12-24(33)28(30)35)22(25)11-18(5)29(36)37/h9,11,14-15,17,20-28,31-35H,10,12-13H2,1-8H3,(H,36,37)/b16-9+,18-11+/t17-,20-,21-,22-,23+,24-,25+,26+,27-,28+,30-/m0/s1. The summed E-state index contributed by atoms with van der Waals surface area (Å²) in [6, 6.07) is 0. The molecule has 0 unspecified atom stereocenters. The molecule has 212 valence electrons. The van der Waals surface area contributed by atoms with Gasteiger partial charge < -0.3 is 30.6 Å². The van der Waals surface area contributed by atoms with Crippen LogP contribution in [0.1, 0.15) is 74.7 Å². The van der Waals surface area contributed by atoms with E-state index in [-0.39, 0.29) is 47.5 Å². The Kier molecular flexibility index (Phi) is 10.8. The molecule has 0 aliphatic heterocycles. The third kappa shape index (κ3) is 6.93. The molecule has 2 aliphatic carbocycles. The molecule has 2 aliphatic rings. The summed E-state index contributed by atoms with van der Waals surface area (Å²) in [5, 5.41) is 62.6. The van der Waals surface area contributed by atoms with Gasteiger partial charge in [-0.3, -0.25) is 0 Å². The van der Waals surface area contributed by atoms with Crippen LogP contribution in [-0.4, -0.2) is 67.1 Å². The number of allylic oxidation sites excluding steroid dienone is 3. The number of fused-ring (bicyclic) bond motifs is 1. The fraction of sp³-hybridized carbons (Fsp3) is 0.767. The number of aliphatic hydroxyl groups excluding tert-OH is 5. The zero-order valence-electron chi connectivity index (χ0n) is 23.8. The monoisotopic (exact) mass is 522 g/mol. The van der Waals surface area contributed by atoms with E-state index in [1.165, 1.54) is 0 Å². The molecule has 11 atom stereocenters. The van der Waals surface area contributed by atoms with Crippen molar-refractivity contribution in [2.24, 2.45) is 40.9 Å². The van der Waals surface area contributed by atoms with Crippen molar-refractivity contribution < 1.29 is 35.4 Å². The Morgan fingerprint density at radius 2 is 1.76 bits per heavy atom. The summed E-state index contributed by atoms with van der Waals surface area (Å²) >= 11 is 0. The Bertz CT molecular complexity index is 890. The van der Waals surface area contributed by atoms with Crippen molar-refractivity contribution in [3.8, 4) is 0 Å². The number of carboxylic acid groups (broad SMARTS) is 1. The Balaban J connectivity index is 2.37. The first-order valence-electron chi connectivity index (χ1n) is 13.7. The quantitative estimate of drug-likeness (QED) is 0.190. The Labute approximate surface area is 222 Å². The van der Waals surface area contributed by atoms with Gasteiger partial charge in [-0.05, 0) is 63.7 Å². The second-order valence-electron chi connectivity index (χ2n) is 12.4. The summed E-state index contributed by atoms with van der Waals surface area (Å²) in [6.45, 7) is 15.1. The summed E-state index contributed by atoms with van der Waals surface area (Å²) in [6.07, 6.45) is 2.69. The highest BCUT2D eigenvalue weighted by Gasteiger charge is 2.55. The third-order valence-electron chi connectivity index (χ3n) is 9.10. The minimum absolute atomic E-state index is 0.0109. The highest BCUT2D eigenvalue weighted by molar-refractivity contribution is 5.85. The number of carboxylic acids is 1. The normalized spacial score (nSPS) is 36.4. The van der Waals surface area contributed by atoms with Gasteiger partial charge in [-0.25, -0.2) is 4.79 Å². The number of hydrogen-bond acceptors (Lipinski definition) is 6. The number of rotatable bonds is 10. The SMILES string of the molecule is CC1=C[C@@]2(C)[C@@H]([C@@H](/C=C(\C)C(=O)O)[C@@H]1/C(C)=C/C[C@H](O)C[C@@H](O)[C@H](C)[C@@H](O)C(C)C)[C@@H](C)C[C@H](O)[C@H]2O. The second-order valence-corrected chi connectivity index (χ2v) is 12.4. The molecule has 0 spiro atoms. The Hall–Kier alpha value is -1.51. The maximum Gasteiger partial charge on any atom is 0.330 e. The van der Waals surface area contributed by atoms with E-state index in [9.17, 15) is 35.4 Å². The van der Waals surface area contributed by atoms with Gasteiger partial charge in [0.15, 0.2) is 0 Å². The van der Waals surface area contributed by atoms with E-state index in [2.05, 4.69) is 13.0 Å². The van der Waals surface area contributed by atoms with Gasteiger partial charge >= 0.3 is 5.97 Å². The van der Waals surface area contributed by atoms with E-state index >= 15 is 0 Å². The van der Waals surface area contributed by atoms with Crippen LogP contribution in [-0.2, 0) is 4.79 Å². The highest BCUT2D eigenvalue weighted by atomic mass is 16.4. The molecule has 0 bridgehead atoms. The van der Waals surface area contributed by atoms with Crippen LogP contribution in [0, 0.1) is 40.9 Å². The van der Waals surface area contributed by atoms with Gasteiger partial charge in [0.05, 0.1) is 30.5 Å². The van der Waals surface area contributed by atoms with Crippen molar-refractivity contribution in [3.63, 3.8) is 0 Å². The predicted molar refractivity (Wildman–Crippen MR) is 145 cm³/mol. The van der Waals surface area contributed by atoms with Crippen LogP contribution >= 0.6 is 0 Å². The van der Waals surface area contributed by atoms with Gasteiger partial charge in [-0.2, -0.15) is 0 Å². The molecule has 2 rings (SSSR count). The summed E-state index contributed by atoms with van der Waals surface area (Å²) < 4.78 is 0. The largest absolute Gasteiger partial charge is 0.478 e. The summed E-state index contributed by atoms with van der Waals surface area (Å²) in [7, 11) is 0. The second kappa shape index (κ2) is 12.6. The van der Waals surface area contributed by atoms with Crippen LogP contribution in [0.5, 0.6) is 0 Å². The van der Waals surface area contributed by atoms with E-state index in [4.69, 9.17) is 0 Å². The average Bonchev–Trinajstić information content (AvgIpc) is 2.79. The number of aliphatic carboxylic acids is 1. The van der Waals surface area contributed by atoms with E-state index < -0.39 is 41.9 Å². The van der Waals surface area contributed by atoms with Crippen LogP contribution in [0.3, 0.4) is 0 Å². The molecule has 0 saturated heterocycles. The first kappa shape index (κ1) is 31.7. The Morgan fingerprint density at radius 3 is 2.30 bits per heavy atom. The fourth-order valence-corrected chi connectivity index (χ4v) is 7.04. The molecule has 0 amide bonds.